The molecule has 0 N–H and O–H groups in total. The highest BCUT2D eigenvalue weighted by atomic mass is 16.5. The van der Waals surface area contributed by atoms with Crippen LogP contribution in [0.5, 0.6) is 0 Å². The first-order chi connectivity index (χ1) is 12.8. The van der Waals surface area contributed by atoms with Gasteiger partial charge in [0.05, 0.1) is 7.11 Å². The predicted octanol–water partition coefficient (Wildman–Crippen LogP) is 4.31. The number of nitrogens with zero attached hydrogens (tertiary/aromatic N) is 1. The van der Waals surface area contributed by atoms with Crippen molar-refractivity contribution in [3.8, 4) is 0 Å². The number of esters is 1. The van der Waals surface area contributed by atoms with Crippen molar-refractivity contribution < 1.29 is 9.53 Å². The van der Waals surface area contributed by atoms with E-state index in [-0.39, 0.29) is 5.97 Å². The highest BCUT2D eigenvalue weighted by Crippen LogP contribution is 2.24. The highest BCUT2D eigenvalue weighted by molar-refractivity contribution is 5.89. The number of ether oxygens (including phenoxy) is 1. The number of benzene rings is 2. The number of carbonyl (C=O) groups excluding carboxylic acids is 1. The van der Waals surface area contributed by atoms with Crippen molar-refractivity contribution in [3.63, 3.8) is 0 Å². The normalized spacial score (nSPS) is 14.4. The molecule has 3 rings (SSSR count). The maximum Gasteiger partial charge on any atom is 0.334 e. The zero-order valence-electron chi connectivity index (χ0n) is 15.2. The lowest BCUT2D eigenvalue weighted by molar-refractivity contribution is -0.136. The first-order valence-electron chi connectivity index (χ1n) is 9.08. The minimum Gasteiger partial charge on any atom is -0.466 e. The Labute approximate surface area is 155 Å². The Bertz CT molecular complexity index is 737. The van der Waals surface area contributed by atoms with Gasteiger partial charge >= 0.3 is 5.97 Å². The second-order valence-corrected chi connectivity index (χ2v) is 6.42. The van der Waals surface area contributed by atoms with Crippen LogP contribution in [0.3, 0.4) is 0 Å². The zero-order chi connectivity index (χ0) is 18.2. The van der Waals surface area contributed by atoms with Crippen LogP contribution in [0.1, 0.15) is 24.0 Å². The van der Waals surface area contributed by atoms with Crippen LogP contribution in [0.4, 0.5) is 0 Å². The maximum absolute atomic E-state index is 11.7. The molecule has 0 aliphatic carbocycles. The van der Waals surface area contributed by atoms with Crippen LogP contribution in [-0.2, 0) is 9.53 Å². The lowest BCUT2D eigenvalue weighted by Gasteiger charge is -2.25. The second-order valence-electron chi connectivity index (χ2n) is 6.42. The van der Waals surface area contributed by atoms with E-state index in [4.69, 9.17) is 4.74 Å². The summed E-state index contributed by atoms with van der Waals surface area (Å²) in [6.45, 7) is 2.59. The first-order valence-corrected chi connectivity index (χ1v) is 9.08. The van der Waals surface area contributed by atoms with Gasteiger partial charge in [-0.2, -0.15) is 0 Å². The Morgan fingerprint density at radius 2 is 1.65 bits per heavy atom. The van der Waals surface area contributed by atoms with Gasteiger partial charge in [-0.1, -0.05) is 72.8 Å². The molecular formula is C23H25NO2. The second kappa shape index (κ2) is 9.16. The number of hydrogen-bond donors (Lipinski definition) is 0. The van der Waals surface area contributed by atoms with E-state index in [0.29, 0.717) is 6.54 Å². The Morgan fingerprint density at radius 3 is 2.23 bits per heavy atom. The van der Waals surface area contributed by atoms with E-state index in [9.17, 15) is 4.79 Å². The standard InChI is InChI=1S/C23H25NO2/c1-26-23(25)21-14-8-16-24(18-21)17-9-15-22(19-10-4-2-5-11-19)20-12-6-3-7-13-20/h2-7,10-15H,8-9,16-18H2,1H3. The Balaban J connectivity index is 1.70. The molecule has 0 bridgehead atoms. The monoisotopic (exact) mass is 347 g/mol. The fourth-order valence-corrected chi connectivity index (χ4v) is 3.30. The minimum atomic E-state index is -0.209. The van der Waals surface area contributed by atoms with Gasteiger partial charge in [0.1, 0.15) is 0 Å². The van der Waals surface area contributed by atoms with Gasteiger partial charge in [0, 0.05) is 25.2 Å². The summed E-state index contributed by atoms with van der Waals surface area (Å²) in [5.41, 5.74) is 4.49. The molecule has 0 amide bonds. The van der Waals surface area contributed by atoms with E-state index in [2.05, 4.69) is 59.5 Å². The zero-order valence-corrected chi connectivity index (χ0v) is 15.2. The number of hydrogen-bond acceptors (Lipinski definition) is 3. The first kappa shape index (κ1) is 18.2. The molecule has 0 atom stereocenters. The summed E-state index contributed by atoms with van der Waals surface area (Å²) in [5.74, 6) is -0.209. The molecule has 0 saturated heterocycles. The number of carbonyl (C=O) groups is 1. The SMILES string of the molecule is COC(=O)C1=CCCN(CCC=C(c2ccccc2)c2ccccc2)C1. The maximum atomic E-state index is 11.7. The summed E-state index contributed by atoms with van der Waals surface area (Å²) in [6.07, 6.45) is 6.14. The van der Waals surface area contributed by atoms with Crippen LogP contribution in [0.2, 0.25) is 0 Å². The highest BCUT2D eigenvalue weighted by Gasteiger charge is 2.17. The topological polar surface area (TPSA) is 29.5 Å². The molecule has 0 saturated carbocycles. The van der Waals surface area contributed by atoms with Crippen molar-refractivity contribution in [2.75, 3.05) is 26.7 Å². The summed E-state index contributed by atoms with van der Waals surface area (Å²) in [7, 11) is 1.44. The van der Waals surface area contributed by atoms with Crippen molar-refractivity contribution >= 4 is 11.5 Å². The molecule has 2 aromatic carbocycles. The third kappa shape index (κ3) is 4.70. The van der Waals surface area contributed by atoms with Crippen molar-refractivity contribution in [2.45, 2.75) is 12.8 Å². The summed E-state index contributed by atoms with van der Waals surface area (Å²) >= 11 is 0. The van der Waals surface area contributed by atoms with Crippen LogP contribution in [0.15, 0.2) is 78.4 Å². The van der Waals surface area contributed by atoms with Gasteiger partial charge in [-0.3, -0.25) is 4.90 Å². The number of rotatable bonds is 6. The molecule has 26 heavy (non-hydrogen) atoms. The molecule has 134 valence electrons. The van der Waals surface area contributed by atoms with Gasteiger partial charge in [0.15, 0.2) is 0 Å². The van der Waals surface area contributed by atoms with Crippen LogP contribution >= 0.6 is 0 Å². The molecule has 3 heteroatoms. The predicted molar refractivity (Wildman–Crippen MR) is 106 cm³/mol. The molecule has 1 aliphatic rings. The van der Waals surface area contributed by atoms with Crippen LogP contribution < -0.4 is 0 Å². The van der Waals surface area contributed by atoms with Gasteiger partial charge in [0.25, 0.3) is 0 Å². The van der Waals surface area contributed by atoms with Gasteiger partial charge in [-0.25, -0.2) is 4.79 Å². The molecule has 0 fully saturated rings. The van der Waals surface area contributed by atoms with E-state index >= 15 is 0 Å². The molecule has 0 radical (unpaired) electrons. The number of methoxy groups -OCH3 is 1. The fraction of sp³-hybridized carbons (Fsp3) is 0.261. The third-order valence-corrected chi connectivity index (χ3v) is 4.64. The summed E-state index contributed by atoms with van der Waals surface area (Å²) < 4.78 is 4.85. The molecule has 0 spiro atoms. The lowest BCUT2D eigenvalue weighted by Crippen LogP contribution is -2.33. The Hall–Kier alpha value is -2.65. The van der Waals surface area contributed by atoms with Crippen LogP contribution in [0, 0.1) is 0 Å². The summed E-state index contributed by atoms with van der Waals surface area (Å²) in [4.78, 5) is 14.1. The minimum absolute atomic E-state index is 0.209. The fourth-order valence-electron chi connectivity index (χ4n) is 3.30. The van der Waals surface area contributed by atoms with E-state index in [1.54, 1.807) is 0 Å². The van der Waals surface area contributed by atoms with Crippen molar-refractivity contribution in [2.24, 2.45) is 0 Å². The molecule has 3 nitrogen and oxygen atoms in total. The van der Waals surface area contributed by atoms with E-state index in [1.165, 1.54) is 23.8 Å². The third-order valence-electron chi connectivity index (χ3n) is 4.64. The van der Waals surface area contributed by atoms with Gasteiger partial charge in [0.2, 0.25) is 0 Å². The molecular weight excluding hydrogens is 322 g/mol. The van der Waals surface area contributed by atoms with Gasteiger partial charge < -0.3 is 4.74 Å². The largest absolute Gasteiger partial charge is 0.466 e. The Morgan fingerprint density at radius 1 is 1.04 bits per heavy atom. The molecule has 1 aliphatic heterocycles. The smallest absolute Gasteiger partial charge is 0.334 e. The van der Waals surface area contributed by atoms with E-state index in [0.717, 1.165) is 31.5 Å². The van der Waals surface area contributed by atoms with Gasteiger partial charge in [-0.15, -0.1) is 0 Å². The van der Waals surface area contributed by atoms with Crippen molar-refractivity contribution in [1.29, 1.82) is 0 Å². The molecule has 1 heterocycles. The van der Waals surface area contributed by atoms with Crippen LogP contribution in [-0.4, -0.2) is 37.6 Å². The van der Waals surface area contributed by atoms with Crippen LogP contribution in [0.25, 0.3) is 5.57 Å². The summed E-state index contributed by atoms with van der Waals surface area (Å²) in [5, 5.41) is 0. The summed E-state index contributed by atoms with van der Waals surface area (Å²) in [6, 6.07) is 21.0. The van der Waals surface area contributed by atoms with Crippen molar-refractivity contribution in [3.05, 3.63) is 89.5 Å². The average Bonchev–Trinajstić information content (AvgIpc) is 2.72. The Kier molecular flexibility index (Phi) is 6.39. The van der Waals surface area contributed by atoms with E-state index in [1.807, 2.05) is 18.2 Å². The lowest BCUT2D eigenvalue weighted by atomic mass is 9.97. The molecule has 0 unspecified atom stereocenters. The van der Waals surface area contributed by atoms with Crippen molar-refractivity contribution in [1.82, 2.24) is 4.90 Å². The van der Waals surface area contributed by atoms with E-state index < -0.39 is 0 Å². The van der Waals surface area contributed by atoms with Gasteiger partial charge in [-0.05, 0) is 29.5 Å². The quantitative estimate of drug-likeness (QED) is 0.729. The molecule has 2 aromatic rings. The molecule has 0 aromatic heterocycles. The average molecular weight is 347 g/mol.